The lowest BCUT2D eigenvalue weighted by atomic mass is 9.88. The van der Waals surface area contributed by atoms with E-state index in [0.717, 1.165) is 38.7 Å². The minimum atomic E-state index is 0.0168. The number of rotatable bonds is 4. The van der Waals surface area contributed by atoms with E-state index in [-0.39, 0.29) is 5.41 Å². The molecule has 3 heterocycles. The van der Waals surface area contributed by atoms with Gasteiger partial charge >= 0.3 is 0 Å². The number of aromatic nitrogens is 6. The minimum Gasteiger partial charge on any atom is -0.439 e. The summed E-state index contributed by atoms with van der Waals surface area (Å²) in [5, 5.41) is 19.1. The molecule has 0 amide bonds. The van der Waals surface area contributed by atoms with Crippen LogP contribution in [0.1, 0.15) is 32.2 Å². The van der Waals surface area contributed by atoms with Crippen LogP contribution >= 0.6 is 0 Å². The van der Waals surface area contributed by atoms with Crippen molar-refractivity contribution in [3.05, 3.63) is 96.4 Å². The summed E-state index contributed by atoms with van der Waals surface area (Å²) in [5.74, 6) is 2.28. The smallest absolute Gasteiger partial charge is 0.273 e. The molecule has 0 unspecified atom stereocenters. The number of nitrogens with zero attached hydrogens (tertiary/aromatic N) is 6. The normalized spacial score (nSPS) is 11.8. The third kappa shape index (κ3) is 4.29. The molecule has 6 rings (SSSR count). The van der Waals surface area contributed by atoms with Gasteiger partial charge in [-0.05, 0) is 59.4 Å². The number of aryl methyl sites for hydroxylation is 1. The second-order valence-electron chi connectivity index (χ2n) is 10.1. The molecular formula is C30H26N6O. The average molecular weight is 487 g/mol. The molecule has 182 valence electrons. The zero-order valence-corrected chi connectivity index (χ0v) is 21.2. The molecule has 0 saturated carbocycles. The van der Waals surface area contributed by atoms with Crippen LogP contribution in [-0.4, -0.2) is 29.9 Å². The fraction of sp³-hybridized carbons (Fsp3) is 0.167. The molecule has 7 heteroatoms. The summed E-state index contributed by atoms with van der Waals surface area (Å²) in [6, 6.07) is 26.7. The van der Waals surface area contributed by atoms with Crippen LogP contribution in [0.3, 0.4) is 0 Å². The largest absolute Gasteiger partial charge is 0.439 e. The highest BCUT2D eigenvalue weighted by molar-refractivity contribution is 6.09. The van der Waals surface area contributed by atoms with E-state index >= 15 is 0 Å². The molecule has 7 nitrogen and oxygen atoms in total. The number of ether oxygens (including phenoxy) is 1. The van der Waals surface area contributed by atoms with Crippen LogP contribution < -0.4 is 4.74 Å². The lowest BCUT2D eigenvalue weighted by molar-refractivity contribution is 0.459. The van der Waals surface area contributed by atoms with Crippen LogP contribution in [0.4, 0.5) is 0 Å². The average Bonchev–Trinajstić information content (AvgIpc) is 3.23. The van der Waals surface area contributed by atoms with Crippen LogP contribution in [0.15, 0.2) is 85.1 Å². The van der Waals surface area contributed by atoms with Gasteiger partial charge in [-0.3, -0.25) is 4.57 Å². The van der Waals surface area contributed by atoms with E-state index in [9.17, 15) is 0 Å². The standard InChI is InChI=1S/C30H26N6O/c1-19-32-34-29(35-33-19)36-26-11-6-5-10-24(26)25-13-12-21(17-27(25)36)20-8-7-9-23(16-20)37-28-18-22(14-15-31-28)30(2,3)4/h5-18H,1-4H3. The summed E-state index contributed by atoms with van der Waals surface area (Å²) in [7, 11) is 0. The van der Waals surface area contributed by atoms with Crippen molar-refractivity contribution < 1.29 is 4.74 Å². The SMILES string of the molecule is Cc1nnc(-n2c3ccccc3c3ccc(-c4cccc(Oc5cc(C(C)(C)C)ccn5)c4)cc32)nn1. The van der Waals surface area contributed by atoms with Crippen molar-refractivity contribution in [3.8, 4) is 28.7 Å². The van der Waals surface area contributed by atoms with Crippen LogP contribution in [-0.2, 0) is 5.41 Å². The fourth-order valence-electron chi connectivity index (χ4n) is 4.52. The van der Waals surface area contributed by atoms with Crippen molar-refractivity contribution >= 4 is 21.8 Å². The zero-order valence-electron chi connectivity index (χ0n) is 21.2. The Hall–Kier alpha value is -4.65. The van der Waals surface area contributed by atoms with Gasteiger partial charge in [0, 0.05) is 23.0 Å². The highest BCUT2D eigenvalue weighted by atomic mass is 16.5. The molecule has 0 spiro atoms. The summed E-state index contributed by atoms with van der Waals surface area (Å²) < 4.78 is 8.17. The number of fused-ring (bicyclic) bond motifs is 3. The summed E-state index contributed by atoms with van der Waals surface area (Å²) in [6.45, 7) is 8.31. The van der Waals surface area contributed by atoms with Gasteiger partial charge in [-0.25, -0.2) is 4.98 Å². The topological polar surface area (TPSA) is 78.6 Å². The second-order valence-corrected chi connectivity index (χ2v) is 10.1. The van der Waals surface area contributed by atoms with Gasteiger partial charge in [0.25, 0.3) is 5.95 Å². The van der Waals surface area contributed by atoms with E-state index in [4.69, 9.17) is 4.74 Å². The number of hydrogen-bond donors (Lipinski definition) is 0. The molecule has 37 heavy (non-hydrogen) atoms. The van der Waals surface area contributed by atoms with Crippen molar-refractivity contribution in [1.82, 2.24) is 29.9 Å². The molecule has 0 fully saturated rings. The monoisotopic (exact) mass is 486 g/mol. The first-order valence-corrected chi connectivity index (χ1v) is 12.2. The minimum absolute atomic E-state index is 0.0168. The Morgan fingerprint density at radius 2 is 1.46 bits per heavy atom. The van der Waals surface area contributed by atoms with E-state index in [1.807, 2.05) is 47.0 Å². The Labute approximate surface area is 214 Å². The summed E-state index contributed by atoms with van der Waals surface area (Å²) in [6.07, 6.45) is 1.80. The van der Waals surface area contributed by atoms with Gasteiger partial charge in [-0.1, -0.05) is 63.2 Å². The first kappa shape index (κ1) is 22.8. The highest BCUT2D eigenvalue weighted by Gasteiger charge is 2.17. The molecule has 0 saturated heterocycles. The number of para-hydroxylation sites is 1. The van der Waals surface area contributed by atoms with Crippen LogP contribution in [0.25, 0.3) is 38.9 Å². The van der Waals surface area contributed by atoms with Gasteiger partial charge in [-0.2, -0.15) is 0 Å². The van der Waals surface area contributed by atoms with E-state index in [0.29, 0.717) is 17.7 Å². The Bertz CT molecular complexity index is 1750. The number of hydrogen-bond acceptors (Lipinski definition) is 6. The molecule has 3 aromatic heterocycles. The molecule has 0 radical (unpaired) electrons. The van der Waals surface area contributed by atoms with Gasteiger partial charge in [0.2, 0.25) is 5.88 Å². The summed E-state index contributed by atoms with van der Waals surface area (Å²) in [4.78, 5) is 4.42. The van der Waals surface area contributed by atoms with Crippen LogP contribution in [0, 0.1) is 6.92 Å². The third-order valence-electron chi connectivity index (χ3n) is 6.43. The maximum Gasteiger partial charge on any atom is 0.273 e. The van der Waals surface area contributed by atoms with Gasteiger partial charge in [0.05, 0.1) is 11.0 Å². The predicted octanol–water partition coefficient (Wildman–Crippen LogP) is 6.82. The lowest BCUT2D eigenvalue weighted by Crippen LogP contribution is -2.11. The zero-order chi connectivity index (χ0) is 25.6. The number of benzene rings is 3. The van der Waals surface area contributed by atoms with Gasteiger partial charge in [0.1, 0.15) is 5.75 Å². The van der Waals surface area contributed by atoms with Gasteiger partial charge < -0.3 is 4.74 Å². The van der Waals surface area contributed by atoms with Crippen molar-refractivity contribution in [2.24, 2.45) is 0 Å². The Balaban J connectivity index is 1.43. The van der Waals surface area contributed by atoms with Crippen molar-refractivity contribution in [2.75, 3.05) is 0 Å². The quantitative estimate of drug-likeness (QED) is 0.272. The Kier molecular flexibility index (Phi) is 5.41. The number of pyridine rings is 1. The second kappa shape index (κ2) is 8.78. The summed E-state index contributed by atoms with van der Waals surface area (Å²) in [5.41, 5.74) is 5.26. The van der Waals surface area contributed by atoms with Crippen molar-refractivity contribution in [3.63, 3.8) is 0 Å². The predicted molar refractivity (Wildman–Crippen MR) is 145 cm³/mol. The molecule has 0 atom stereocenters. The maximum atomic E-state index is 6.16. The van der Waals surface area contributed by atoms with Crippen LogP contribution in [0.5, 0.6) is 11.6 Å². The molecule has 0 bridgehead atoms. The van der Waals surface area contributed by atoms with Gasteiger partial charge in [-0.15, -0.1) is 20.4 Å². The molecule has 3 aromatic carbocycles. The maximum absolute atomic E-state index is 6.16. The van der Waals surface area contributed by atoms with E-state index in [2.05, 4.69) is 82.5 Å². The first-order valence-electron chi connectivity index (χ1n) is 12.2. The molecule has 0 aliphatic rings. The van der Waals surface area contributed by atoms with Crippen molar-refractivity contribution in [1.29, 1.82) is 0 Å². The fourth-order valence-corrected chi connectivity index (χ4v) is 4.52. The molecule has 6 aromatic rings. The van der Waals surface area contributed by atoms with Crippen LogP contribution in [0.2, 0.25) is 0 Å². The molecule has 0 N–H and O–H groups in total. The van der Waals surface area contributed by atoms with Gasteiger partial charge in [0.15, 0.2) is 5.82 Å². The molecule has 0 aliphatic carbocycles. The first-order chi connectivity index (χ1) is 17.9. The molecular weight excluding hydrogens is 460 g/mol. The van der Waals surface area contributed by atoms with Crippen molar-refractivity contribution in [2.45, 2.75) is 33.1 Å². The van der Waals surface area contributed by atoms with E-state index in [1.54, 1.807) is 13.1 Å². The Morgan fingerprint density at radius 1 is 0.703 bits per heavy atom. The molecule has 0 aliphatic heterocycles. The van der Waals surface area contributed by atoms with E-state index in [1.165, 1.54) is 5.56 Å². The van der Waals surface area contributed by atoms with E-state index < -0.39 is 0 Å². The Morgan fingerprint density at radius 3 is 2.27 bits per heavy atom. The highest BCUT2D eigenvalue weighted by Crippen LogP contribution is 2.35. The summed E-state index contributed by atoms with van der Waals surface area (Å²) >= 11 is 0. The third-order valence-corrected chi connectivity index (χ3v) is 6.43. The lowest BCUT2D eigenvalue weighted by Gasteiger charge is -2.19.